The molecular formula is C12H16N4. The molecule has 0 aliphatic rings. The fraction of sp³-hybridized carbons (Fsp3) is 0.333. The van der Waals surface area contributed by atoms with Gasteiger partial charge in [-0.3, -0.25) is 9.67 Å². The number of rotatable bonds is 4. The van der Waals surface area contributed by atoms with E-state index in [0.717, 1.165) is 24.5 Å². The lowest BCUT2D eigenvalue weighted by Gasteiger charge is -2.03. The third-order valence-corrected chi connectivity index (χ3v) is 2.50. The minimum atomic E-state index is 0.804. The van der Waals surface area contributed by atoms with Gasteiger partial charge in [0.15, 0.2) is 0 Å². The van der Waals surface area contributed by atoms with Crippen LogP contribution in [0.1, 0.15) is 18.2 Å². The topological polar surface area (TPSA) is 42.7 Å². The van der Waals surface area contributed by atoms with Crippen molar-refractivity contribution >= 4 is 5.69 Å². The van der Waals surface area contributed by atoms with E-state index in [1.807, 2.05) is 29.9 Å². The van der Waals surface area contributed by atoms with Crippen LogP contribution < -0.4 is 5.32 Å². The zero-order chi connectivity index (χ0) is 11.4. The van der Waals surface area contributed by atoms with Crippen molar-refractivity contribution in [1.29, 1.82) is 0 Å². The van der Waals surface area contributed by atoms with E-state index in [0.29, 0.717) is 0 Å². The number of nitrogens with zero attached hydrogens (tertiary/aromatic N) is 3. The second kappa shape index (κ2) is 4.79. The van der Waals surface area contributed by atoms with Crippen LogP contribution in [0.15, 0.2) is 30.7 Å². The Hall–Kier alpha value is -1.84. The van der Waals surface area contributed by atoms with Crippen LogP contribution in [0, 0.1) is 6.92 Å². The molecule has 0 atom stereocenters. The maximum absolute atomic E-state index is 4.38. The summed E-state index contributed by atoms with van der Waals surface area (Å²) in [5.41, 5.74) is 3.35. The number of aryl methyl sites for hydroxylation is 2. The third-order valence-electron chi connectivity index (χ3n) is 2.50. The van der Waals surface area contributed by atoms with E-state index in [-0.39, 0.29) is 0 Å². The van der Waals surface area contributed by atoms with Crippen molar-refractivity contribution < 1.29 is 0 Å². The largest absolute Gasteiger partial charge is 0.378 e. The molecule has 0 aliphatic carbocycles. The van der Waals surface area contributed by atoms with Crippen molar-refractivity contribution in [1.82, 2.24) is 14.8 Å². The SMILES string of the molecule is CCn1cc(NCc2ccncc2)c(C)n1. The van der Waals surface area contributed by atoms with E-state index < -0.39 is 0 Å². The van der Waals surface area contributed by atoms with Crippen molar-refractivity contribution in [2.45, 2.75) is 26.9 Å². The number of nitrogens with one attached hydrogen (secondary N) is 1. The maximum atomic E-state index is 4.38. The predicted octanol–water partition coefficient (Wildman–Crippen LogP) is 2.22. The van der Waals surface area contributed by atoms with Crippen molar-refractivity contribution in [3.05, 3.63) is 42.0 Å². The minimum Gasteiger partial charge on any atom is -0.378 e. The van der Waals surface area contributed by atoms with Gasteiger partial charge in [0.1, 0.15) is 0 Å². The first kappa shape index (κ1) is 10.7. The van der Waals surface area contributed by atoms with Crippen molar-refractivity contribution in [3.63, 3.8) is 0 Å². The summed E-state index contributed by atoms with van der Waals surface area (Å²) in [4.78, 5) is 3.99. The highest BCUT2D eigenvalue weighted by Gasteiger charge is 2.02. The van der Waals surface area contributed by atoms with Crippen LogP contribution in [-0.2, 0) is 13.1 Å². The van der Waals surface area contributed by atoms with E-state index >= 15 is 0 Å². The van der Waals surface area contributed by atoms with Gasteiger partial charge in [-0.1, -0.05) is 0 Å². The smallest absolute Gasteiger partial charge is 0.0825 e. The molecular weight excluding hydrogens is 200 g/mol. The second-order valence-corrected chi connectivity index (χ2v) is 3.69. The van der Waals surface area contributed by atoms with Gasteiger partial charge in [-0.25, -0.2) is 0 Å². The molecule has 16 heavy (non-hydrogen) atoms. The molecule has 0 amide bonds. The Bertz CT molecular complexity index is 447. The molecule has 2 heterocycles. The normalized spacial score (nSPS) is 10.4. The van der Waals surface area contributed by atoms with Gasteiger partial charge in [0.05, 0.1) is 11.4 Å². The van der Waals surface area contributed by atoms with Gasteiger partial charge in [-0.2, -0.15) is 5.10 Å². The van der Waals surface area contributed by atoms with Crippen molar-refractivity contribution in [2.24, 2.45) is 0 Å². The molecule has 4 nitrogen and oxygen atoms in total. The summed E-state index contributed by atoms with van der Waals surface area (Å²) in [6.45, 7) is 5.80. The summed E-state index contributed by atoms with van der Waals surface area (Å²) in [5, 5.41) is 7.76. The fourth-order valence-corrected chi connectivity index (χ4v) is 1.55. The molecule has 2 rings (SSSR count). The number of aromatic nitrogens is 3. The molecule has 0 aliphatic heterocycles. The fourth-order valence-electron chi connectivity index (χ4n) is 1.55. The lowest BCUT2D eigenvalue weighted by molar-refractivity contribution is 0.653. The van der Waals surface area contributed by atoms with Crippen LogP contribution in [0.2, 0.25) is 0 Å². The van der Waals surface area contributed by atoms with Crippen molar-refractivity contribution in [2.75, 3.05) is 5.32 Å². The van der Waals surface area contributed by atoms with E-state index in [1.165, 1.54) is 5.56 Å². The molecule has 2 aromatic heterocycles. The average molecular weight is 216 g/mol. The maximum Gasteiger partial charge on any atom is 0.0825 e. The summed E-state index contributed by atoms with van der Waals surface area (Å²) >= 11 is 0. The molecule has 0 aromatic carbocycles. The molecule has 0 spiro atoms. The first-order valence-electron chi connectivity index (χ1n) is 5.46. The van der Waals surface area contributed by atoms with Crippen LogP contribution in [0.25, 0.3) is 0 Å². The second-order valence-electron chi connectivity index (χ2n) is 3.69. The van der Waals surface area contributed by atoms with Gasteiger partial charge >= 0.3 is 0 Å². The summed E-state index contributed by atoms with van der Waals surface area (Å²) < 4.78 is 1.93. The van der Waals surface area contributed by atoms with Gasteiger partial charge in [0.2, 0.25) is 0 Å². The first-order valence-corrected chi connectivity index (χ1v) is 5.46. The molecule has 0 saturated carbocycles. The molecule has 0 bridgehead atoms. The highest BCUT2D eigenvalue weighted by molar-refractivity contribution is 5.45. The molecule has 4 heteroatoms. The average Bonchev–Trinajstić information content (AvgIpc) is 2.69. The lowest BCUT2D eigenvalue weighted by Crippen LogP contribution is -1.99. The van der Waals surface area contributed by atoms with Gasteiger partial charge in [0, 0.05) is 31.7 Å². The number of anilines is 1. The van der Waals surface area contributed by atoms with Crippen molar-refractivity contribution in [3.8, 4) is 0 Å². The summed E-state index contributed by atoms with van der Waals surface area (Å²) in [6, 6.07) is 4.01. The molecule has 0 radical (unpaired) electrons. The molecule has 0 saturated heterocycles. The Balaban J connectivity index is 2.02. The van der Waals surface area contributed by atoms with Gasteiger partial charge < -0.3 is 5.32 Å². The highest BCUT2D eigenvalue weighted by Crippen LogP contribution is 2.13. The van der Waals surface area contributed by atoms with Crippen LogP contribution in [0.5, 0.6) is 0 Å². The zero-order valence-electron chi connectivity index (χ0n) is 9.64. The van der Waals surface area contributed by atoms with Crippen LogP contribution >= 0.6 is 0 Å². The minimum absolute atomic E-state index is 0.804. The summed E-state index contributed by atoms with van der Waals surface area (Å²) in [7, 11) is 0. The Morgan fingerprint density at radius 1 is 1.31 bits per heavy atom. The van der Waals surface area contributed by atoms with Crippen LogP contribution in [0.3, 0.4) is 0 Å². The highest BCUT2D eigenvalue weighted by atomic mass is 15.3. The van der Waals surface area contributed by atoms with Gasteiger partial charge in [0.25, 0.3) is 0 Å². The van der Waals surface area contributed by atoms with E-state index in [4.69, 9.17) is 0 Å². The predicted molar refractivity (Wildman–Crippen MR) is 64.2 cm³/mol. The Morgan fingerprint density at radius 3 is 2.69 bits per heavy atom. The Morgan fingerprint density at radius 2 is 2.06 bits per heavy atom. The van der Waals surface area contributed by atoms with E-state index in [9.17, 15) is 0 Å². The molecule has 1 N–H and O–H groups in total. The van der Waals surface area contributed by atoms with E-state index in [2.05, 4.69) is 22.3 Å². The van der Waals surface area contributed by atoms with Gasteiger partial charge in [-0.05, 0) is 31.5 Å². The Kier molecular flexibility index (Phi) is 3.19. The van der Waals surface area contributed by atoms with E-state index in [1.54, 1.807) is 12.4 Å². The Labute approximate surface area is 95.3 Å². The molecule has 0 unspecified atom stereocenters. The monoisotopic (exact) mass is 216 g/mol. The summed E-state index contributed by atoms with van der Waals surface area (Å²) in [5.74, 6) is 0. The molecule has 0 fully saturated rings. The standard InChI is InChI=1S/C12H16N4/c1-3-16-9-12(10(2)15-16)14-8-11-4-6-13-7-5-11/h4-7,9,14H,3,8H2,1-2H3. The number of hydrogen-bond acceptors (Lipinski definition) is 3. The number of hydrogen-bond donors (Lipinski definition) is 1. The quantitative estimate of drug-likeness (QED) is 0.852. The molecule has 2 aromatic rings. The first-order chi connectivity index (χ1) is 7.79. The molecule has 84 valence electrons. The zero-order valence-corrected chi connectivity index (χ0v) is 9.64. The third kappa shape index (κ3) is 2.39. The van der Waals surface area contributed by atoms with Gasteiger partial charge in [-0.15, -0.1) is 0 Å². The number of pyridine rings is 1. The van der Waals surface area contributed by atoms with Crippen LogP contribution in [0.4, 0.5) is 5.69 Å². The van der Waals surface area contributed by atoms with Crippen LogP contribution in [-0.4, -0.2) is 14.8 Å². The summed E-state index contributed by atoms with van der Waals surface area (Å²) in [6.07, 6.45) is 5.65. The lowest BCUT2D eigenvalue weighted by atomic mass is 10.2.